The molecule has 2 N–H and O–H groups in total. The molecule has 2 heterocycles. The quantitative estimate of drug-likeness (QED) is 0.327. The monoisotopic (exact) mass is 492 g/mol. The Morgan fingerprint density at radius 3 is 2.71 bits per heavy atom. The maximum atomic E-state index is 10.1. The number of aryl methyl sites for hydroxylation is 1. The Labute approximate surface area is 206 Å². The summed E-state index contributed by atoms with van der Waals surface area (Å²) in [6, 6.07) is 19.1. The van der Waals surface area contributed by atoms with Crippen LogP contribution in [0, 0.1) is 6.92 Å². The number of benzene rings is 3. The smallest absolute Gasteiger partial charge is 0.247 e. The van der Waals surface area contributed by atoms with Crippen molar-refractivity contribution in [2.24, 2.45) is 0 Å². The number of thioether (sulfide) groups is 1. The molecule has 4 aromatic rings. The minimum Gasteiger partial charge on any atom is -0.504 e. The number of nitrogens with zero attached hydrogens (tertiary/aromatic N) is 3. The summed E-state index contributed by atoms with van der Waals surface area (Å²) in [6.07, 6.45) is -0.698. The summed E-state index contributed by atoms with van der Waals surface area (Å²) in [5.41, 5.74) is 5.12. The van der Waals surface area contributed by atoms with E-state index in [1.807, 2.05) is 24.3 Å². The summed E-state index contributed by atoms with van der Waals surface area (Å²) in [5.74, 6) is 1.29. The number of aromatic nitrogens is 3. The molecule has 1 aromatic heterocycles. The number of methoxy groups -OCH3 is 1. The van der Waals surface area contributed by atoms with Crippen molar-refractivity contribution in [1.82, 2.24) is 15.2 Å². The van der Waals surface area contributed by atoms with Crippen molar-refractivity contribution in [3.8, 4) is 28.6 Å². The average molecular weight is 493 g/mol. The molecule has 0 radical (unpaired) electrons. The molecule has 0 bridgehead atoms. The second-order valence-electron chi connectivity index (χ2n) is 7.76. The van der Waals surface area contributed by atoms with Gasteiger partial charge in [0.2, 0.25) is 11.0 Å². The fourth-order valence-corrected chi connectivity index (χ4v) is 4.60. The van der Waals surface area contributed by atoms with Gasteiger partial charge in [0.1, 0.15) is 0 Å². The molecule has 1 atom stereocenters. The van der Waals surface area contributed by atoms with Crippen LogP contribution in [0.3, 0.4) is 0 Å². The highest BCUT2D eigenvalue weighted by molar-refractivity contribution is 7.98. The van der Waals surface area contributed by atoms with Gasteiger partial charge < -0.3 is 19.9 Å². The van der Waals surface area contributed by atoms with E-state index in [-0.39, 0.29) is 11.5 Å². The zero-order valence-electron chi connectivity index (χ0n) is 18.4. The van der Waals surface area contributed by atoms with Crippen molar-refractivity contribution in [3.05, 3.63) is 82.4 Å². The highest BCUT2D eigenvalue weighted by Gasteiger charge is 2.28. The van der Waals surface area contributed by atoms with E-state index < -0.39 is 6.23 Å². The molecule has 0 saturated carbocycles. The minimum absolute atomic E-state index is 0.0514. The SMILES string of the molecule is COc1cc([C@@H]2Nc3ccccc3-c3nnc(SCc4ccc(C)cc4)nc3O2)c(Cl)cc1O. The first-order valence-electron chi connectivity index (χ1n) is 10.5. The van der Waals surface area contributed by atoms with E-state index in [1.165, 1.54) is 36.1 Å². The Balaban J connectivity index is 1.51. The lowest BCUT2D eigenvalue weighted by Crippen LogP contribution is -2.17. The summed E-state index contributed by atoms with van der Waals surface area (Å²) in [6.45, 7) is 2.06. The van der Waals surface area contributed by atoms with Gasteiger partial charge in [-0.3, -0.25) is 0 Å². The van der Waals surface area contributed by atoms with Gasteiger partial charge >= 0.3 is 0 Å². The molecule has 0 saturated heterocycles. The van der Waals surface area contributed by atoms with Crippen LogP contribution >= 0.6 is 23.4 Å². The molecular weight excluding hydrogens is 472 g/mol. The van der Waals surface area contributed by atoms with E-state index in [0.717, 1.165) is 11.3 Å². The third kappa shape index (κ3) is 4.47. The maximum Gasteiger partial charge on any atom is 0.247 e. The molecule has 0 aliphatic carbocycles. The molecular formula is C25H21ClN4O3S. The fraction of sp³-hybridized carbons (Fsp3) is 0.160. The Morgan fingerprint density at radius 2 is 1.91 bits per heavy atom. The standard InChI is InChI=1S/C25H21ClN4O3S/c1-14-7-9-15(10-8-14)13-34-25-28-24-22(29-30-25)16-5-3-4-6-19(16)27-23(33-24)17-11-21(32-2)20(31)12-18(17)26/h3-12,23,27,31H,13H2,1-2H3/t23-/m1/s1. The number of rotatable bonds is 5. The summed E-state index contributed by atoms with van der Waals surface area (Å²) in [7, 11) is 1.48. The summed E-state index contributed by atoms with van der Waals surface area (Å²) < 4.78 is 11.6. The van der Waals surface area contributed by atoms with Crippen molar-refractivity contribution in [3.63, 3.8) is 0 Å². The first kappa shape index (κ1) is 22.3. The van der Waals surface area contributed by atoms with Gasteiger partial charge in [0.05, 0.1) is 12.1 Å². The normalized spacial score (nSPS) is 14.3. The molecule has 7 nitrogen and oxygen atoms in total. The Hall–Kier alpha value is -3.49. The number of para-hydroxylation sites is 1. The van der Waals surface area contributed by atoms with E-state index in [0.29, 0.717) is 33.1 Å². The van der Waals surface area contributed by atoms with Crippen LogP contribution in [0.1, 0.15) is 22.9 Å². The molecule has 1 aliphatic heterocycles. The third-order valence-electron chi connectivity index (χ3n) is 5.40. The molecule has 0 fully saturated rings. The van der Waals surface area contributed by atoms with Crippen molar-refractivity contribution in [2.45, 2.75) is 24.1 Å². The van der Waals surface area contributed by atoms with Gasteiger partial charge in [0.15, 0.2) is 23.4 Å². The Morgan fingerprint density at radius 1 is 1.12 bits per heavy atom. The average Bonchev–Trinajstić information content (AvgIpc) is 3.00. The van der Waals surface area contributed by atoms with Crippen LogP contribution < -0.4 is 14.8 Å². The molecule has 34 heavy (non-hydrogen) atoms. The lowest BCUT2D eigenvalue weighted by atomic mass is 10.1. The molecule has 3 aromatic carbocycles. The number of fused-ring (bicyclic) bond motifs is 3. The number of hydrogen-bond donors (Lipinski definition) is 2. The summed E-state index contributed by atoms with van der Waals surface area (Å²) >= 11 is 7.96. The van der Waals surface area contributed by atoms with Gasteiger partial charge in [0, 0.05) is 28.6 Å². The maximum absolute atomic E-state index is 10.1. The van der Waals surface area contributed by atoms with Gasteiger partial charge in [-0.1, -0.05) is 71.4 Å². The first-order valence-corrected chi connectivity index (χ1v) is 11.9. The number of ether oxygens (including phenoxy) is 2. The Bertz CT molecular complexity index is 1350. The predicted octanol–water partition coefficient (Wildman–Crippen LogP) is 6.01. The van der Waals surface area contributed by atoms with Crippen LogP contribution in [-0.4, -0.2) is 27.4 Å². The van der Waals surface area contributed by atoms with Gasteiger partial charge in [-0.2, -0.15) is 4.98 Å². The lowest BCUT2D eigenvalue weighted by Gasteiger charge is -2.21. The third-order valence-corrected chi connectivity index (χ3v) is 6.64. The highest BCUT2D eigenvalue weighted by atomic mass is 35.5. The lowest BCUT2D eigenvalue weighted by molar-refractivity contribution is 0.224. The number of aromatic hydroxyl groups is 1. The number of halogens is 1. The highest BCUT2D eigenvalue weighted by Crippen LogP contribution is 2.42. The zero-order chi connectivity index (χ0) is 23.7. The van der Waals surface area contributed by atoms with Gasteiger partial charge in [-0.15, -0.1) is 10.2 Å². The van der Waals surface area contributed by atoms with E-state index in [9.17, 15) is 5.11 Å². The molecule has 0 unspecified atom stereocenters. The predicted molar refractivity (Wildman–Crippen MR) is 133 cm³/mol. The van der Waals surface area contributed by atoms with E-state index >= 15 is 0 Å². The second-order valence-corrected chi connectivity index (χ2v) is 9.11. The molecule has 172 valence electrons. The van der Waals surface area contributed by atoms with Crippen molar-refractivity contribution < 1.29 is 14.6 Å². The number of anilines is 1. The number of phenolic OH excluding ortho intramolecular Hbond substituents is 1. The first-order chi connectivity index (χ1) is 16.5. The largest absolute Gasteiger partial charge is 0.504 e. The summed E-state index contributed by atoms with van der Waals surface area (Å²) in [5, 5.41) is 23.1. The number of hydrogen-bond acceptors (Lipinski definition) is 8. The van der Waals surface area contributed by atoms with Crippen molar-refractivity contribution in [1.29, 1.82) is 0 Å². The number of nitrogens with one attached hydrogen (secondary N) is 1. The van der Waals surface area contributed by atoms with Crippen molar-refractivity contribution in [2.75, 3.05) is 12.4 Å². The van der Waals surface area contributed by atoms with E-state index in [4.69, 9.17) is 21.1 Å². The van der Waals surface area contributed by atoms with Gasteiger partial charge in [0.25, 0.3) is 0 Å². The number of phenols is 1. The molecule has 5 rings (SSSR count). The molecule has 1 aliphatic rings. The molecule has 0 spiro atoms. The Kier molecular flexibility index (Phi) is 6.17. The van der Waals surface area contributed by atoms with Crippen LogP contribution in [0.25, 0.3) is 11.3 Å². The van der Waals surface area contributed by atoms with Crippen LogP contribution in [0.5, 0.6) is 17.4 Å². The minimum atomic E-state index is -0.698. The molecule has 0 amide bonds. The summed E-state index contributed by atoms with van der Waals surface area (Å²) in [4.78, 5) is 4.67. The van der Waals surface area contributed by atoms with Gasteiger partial charge in [-0.05, 0) is 24.6 Å². The van der Waals surface area contributed by atoms with E-state index in [2.05, 4.69) is 51.7 Å². The topological polar surface area (TPSA) is 89.4 Å². The van der Waals surface area contributed by atoms with Crippen LogP contribution in [-0.2, 0) is 5.75 Å². The molecule has 9 heteroatoms. The van der Waals surface area contributed by atoms with Crippen LogP contribution in [0.4, 0.5) is 5.69 Å². The van der Waals surface area contributed by atoms with Crippen LogP contribution in [0.15, 0.2) is 65.8 Å². The zero-order valence-corrected chi connectivity index (χ0v) is 20.0. The fourth-order valence-electron chi connectivity index (χ4n) is 3.60. The van der Waals surface area contributed by atoms with Crippen molar-refractivity contribution >= 4 is 29.1 Å². The van der Waals surface area contributed by atoms with E-state index in [1.54, 1.807) is 6.07 Å². The second kappa shape index (κ2) is 9.40. The van der Waals surface area contributed by atoms with Crippen LogP contribution in [0.2, 0.25) is 5.02 Å². The van der Waals surface area contributed by atoms with Gasteiger partial charge in [-0.25, -0.2) is 0 Å².